The highest BCUT2D eigenvalue weighted by molar-refractivity contribution is 5.77. The number of hydrogen-bond acceptors (Lipinski definition) is 1. The highest BCUT2D eigenvalue weighted by Gasteiger charge is 2.45. The molecule has 3 heteroatoms. The molecule has 0 aromatic rings. The van der Waals surface area contributed by atoms with Crippen molar-refractivity contribution in [2.75, 3.05) is 0 Å². The summed E-state index contributed by atoms with van der Waals surface area (Å²) in [6.45, 7) is 2.28. The molecule has 0 saturated heterocycles. The Morgan fingerprint density at radius 2 is 1.81 bits per heavy atom. The maximum absolute atomic E-state index is 3.81. The number of nitrogens with one attached hydrogen (secondary N) is 2. The van der Waals surface area contributed by atoms with E-state index in [9.17, 15) is 0 Å². The minimum Gasteiger partial charge on any atom is -1.00 e. The molecule has 0 aromatic carbocycles. The fourth-order valence-electron chi connectivity index (χ4n) is 2.86. The molecule has 2 saturated carbocycles. The number of amidine groups is 1. The van der Waals surface area contributed by atoms with Gasteiger partial charge in [0.15, 0.2) is 0 Å². The molecule has 1 aliphatic heterocycles. The Kier molecular flexibility index (Phi) is 3.78. The third kappa shape index (κ3) is 2.71. The van der Waals surface area contributed by atoms with Crippen LogP contribution in [-0.4, -0.2) is 17.9 Å². The first-order valence-corrected chi connectivity index (χ1v) is 6.75. The SMILES string of the molecule is CCC1CCC(NC(C2CC2)C2CC2)=[NH+]1.[Cl-]. The van der Waals surface area contributed by atoms with Crippen molar-refractivity contribution < 1.29 is 17.4 Å². The maximum Gasteiger partial charge on any atom is 0.243 e. The molecule has 0 spiro atoms. The molecule has 2 fully saturated rings. The van der Waals surface area contributed by atoms with Gasteiger partial charge in [0.1, 0.15) is 0 Å². The van der Waals surface area contributed by atoms with E-state index in [1.165, 1.54) is 50.8 Å². The zero-order valence-electron chi connectivity index (χ0n) is 10.1. The third-order valence-electron chi connectivity index (χ3n) is 4.21. The molecule has 2 N–H and O–H groups in total. The van der Waals surface area contributed by atoms with Crippen molar-refractivity contribution in [2.45, 2.75) is 64.0 Å². The van der Waals surface area contributed by atoms with E-state index in [4.69, 9.17) is 0 Å². The zero-order valence-corrected chi connectivity index (χ0v) is 10.9. The summed E-state index contributed by atoms with van der Waals surface area (Å²) in [6, 6.07) is 1.56. The van der Waals surface area contributed by atoms with Crippen LogP contribution in [0.5, 0.6) is 0 Å². The fraction of sp³-hybridized carbons (Fsp3) is 0.923. The van der Waals surface area contributed by atoms with Crippen LogP contribution >= 0.6 is 0 Å². The van der Waals surface area contributed by atoms with Crippen LogP contribution in [-0.2, 0) is 0 Å². The number of rotatable bonds is 4. The fourth-order valence-corrected chi connectivity index (χ4v) is 2.86. The van der Waals surface area contributed by atoms with Crippen molar-refractivity contribution in [3.05, 3.63) is 0 Å². The van der Waals surface area contributed by atoms with E-state index in [1.807, 2.05) is 0 Å². The molecule has 92 valence electrons. The first-order valence-electron chi connectivity index (χ1n) is 6.75. The predicted molar refractivity (Wildman–Crippen MR) is 61.7 cm³/mol. The van der Waals surface area contributed by atoms with Crippen molar-refractivity contribution >= 4 is 5.84 Å². The topological polar surface area (TPSA) is 26.0 Å². The van der Waals surface area contributed by atoms with Crippen molar-refractivity contribution in [3.63, 3.8) is 0 Å². The van der Waals surface area contributed by atoms with Gasteiger partial charge in [-0.3, -0.25) is 10.3 Å². The Labute approximate surface area is 105 Å². The lowest BCUT2D eigenvalue weighted by Gasteiger charge is -2.12. The summed E-state index contributed by atoms with van der Waals surface area (Å²) in [6.07, 6.45) is 9.74. The molecule has 1 unspecified atom stereocenters. The van der Waals surface area contributed by atoms with Gasteiger partial charge in [-0.2, -0.15) is 0 Å². The van der Waals surface area contributed by atoms with Gasteiger partial charge in [-0.15, -0.1) is 0 Å². The molecular weight excluding hydrogens is 220 g/mol. The molecule has 2 aliphatic carbocycles. The molecule has 1 heterocycles. The summed E-state index contributed by atoms with van der Waals surface area (Å²) in [5.41, 5.74) is 0. The van der Waals surface area contributed by atoms with Gasteiger partial charge in [-0.1, -0.05) is 6.92 Å². The van der Waals surface area contributed by atoms with E-state index in [2.05, 4.69) is 17.2 Å². The van der Waals surface area contributed by atoms with Crippen molar-refractivity contribution in [3.8, 4) is 0 Å². The van der Waals surface area contributed by atoms with Crippen LogP contribution in [0.25, 0.3) is 0 Å². The first-order chi connectivity index (χ1) is 7.36. The van der Waals surface area contributed by atoms with E-state index in [-0.39, 0.29) is 12.4 Å². The van der Waals surface area contributed by atoms with E-state index in [0.717, 1.165) is 23.9 Å². The van der Waals surface area contributed by atoms with Crippen LogP contribution in [0, 0.1) is 11.8 Å². The summed E-state index contributed by atoms with van der Waals surface area (Å²) in [5.74, 6) is 3.46. The van der Waals surface area contributed by atoms with Crippen LogP contribution in [0.3, 0.4) is 0 Å². The number of hydrogen-bond donors (Lipinski definition) is 2. The molecular formula is C13H23ClN2. The first kappa shape index (κ1) is 12.2. The lowest BCUT2D eigenvalue weighted by atomic mass is 10.1. The van der Waals surface area contributed by atoms with Gasteiger partial charge in [0.25, 0.3) is 0 Å². The molecule has 3 rings (SSSR count). The highest BCUT2D eigenvalue weighted by atomic mass is 35.5. The standard InChI is InChI=1S/C13H22N2.ClH/c1-2-11-7-8-12(14-11)15-13(9-3-4-9)10-5-6-10;/h9-11,13H,2-8H2,1H3,(H,14,15);1H. The Morgan fingerprint density at radius 1 is 1.19 bits per heavy atom. The van der Waals surface area contributed by atoms with Gasteiger partial charge in [-0.25, -0.2) is 0 Å². The molecule has 16 heavy (non-hydrogen) atoms. The Balaban J connectivity index is 0.000000963. The summed E-state index contributed by atoms with van der Waals surface area (Å²) in [7, 11) is 0. The molecule has 0 bridgehead atoms. The van der Waals surface area contributed by atoms with Crippen molar-refractivity contribution in [1.82, 2.24) is 5.32 Å². The molecule has 0 radical (unpaired) electrons. The minimum absolute atomic E-state index is 0. The van der Waals surface area contributed by atoms with Crippen molar-refractivity contribution in [1.29, 1.82) is 0 Å². The molecule has 3 aliphatic rings. The molecule has 0 aromatic heterocycles. The monoisotopic (exact) mass is 242 g/mol. The second-order valence-corrected chi connectivity index (χ2v) is 5.61. The van der Waals surface area contributed by atoms with E-state index >= 15 is 0 Å². The molecule has 1 atom stereocenters. The normalized spacial score (nSPS) is 28.9. The van der Waals surface area contributed by atoms with Crippen LogP contribution in [0.2, 0.25) is 0 Å². The van der Waals surface area contributed by atoms with Gasteiger partial charge in [0.05, 0.1) is 18.5 Å². The summed E-state index contributed by atoms with van der Waals surface area (Å²) in [5, 5.41) is 3.81. The van der Waals surface area contributed by atoms with Crippen LogP contribution < -0.4 is 22.7 Å². The Morgan fingerprint density at radius 3 is 2.25 bits per heavy atom. The van der Waals surface area contributed by atoms with Crippen molar-refractivity contribution in [2.24, 2.45) is 11.8 Å². The van der Waals surface area contributed by atoms with Gasteiger partial charge in [0, 0.05) is 0 Å². The van der Waals surface area contributed by atoms with E-state index in [1.54, 1.807) is 0 Å². The summed E-state index contributed by atoms with van der Waals surface area (Å²) >= 11 is 0. The van der Waals surface area contributed by atoms with Crippen LogP contribution in [0.4, 0.5) is 0 Å². The highest BCUT2D eigenvalue weighted by Crippen LogP contribution is 2.44. The zero-order chi connectivity index (χ0) is 10.3. The van der Waals surface area contributed by atoms with Gasteiger partial charge in [0.2, 0.25) is 5.84 Å². The summed E-state index contributed by atoms with van der Waals surface area (Å²) < 4.78 is 0. The average Bonchev–Trinajstić information content (AvgIpc) is 3.14. The van der Waals surface area contributed by atoms with Crippen LogP contribution in [0.1, 0.15) is 51.9 Å². The lowest BCUT2D eigenvalue weighted by molar-refractivity contribution is -0.495. The third-order valence-corrected chi connectivity index (χ3v) is 4.21. The quantitative estimate of drug-likeness (QED) is 0.576. The van der Waals surface area contributed by atoms with E-state index in [0.29, 0.717) is 0 Å². The molecule has 0 amide bonds. The maximum atomic E-state index is 3.81. The average molecular weight is 243 g/mol. The Hall–Kier alpha value is -0.240. The predicted octanol–water partition coefficient (Wildman–Crippen LogP) is -2.18. The minimum atomic E-state index is 0. The molecule has 2 nitrogen and oxygen atoms in total. The summed E-state index contributed by atoms with van der Waals surface area (Å²) in [4.78, 5) is 3.64. The number of halogens is 1. The lowest BCUT2D eigenvalue weighted by Crippen LogP contribution is -3.00. The van der Waals surface area contributed by atoms with E-state index < -0.39 is 0 Å². The Bertz CT molecular complexity index is 257. The second kappa shape index (κ2) is 4.95. The van der Waals surface area contributed by atoms with Crippen LogP contribution in [0.15, 0.2) is 0 Å². The smallest absolute Gasteiger partial charge is 0.243 e. The largest absolute Gasteiger partial charge is 1.00 e. The van der Waals surface area contributed by atoms with Gasteiger partial charge >= 0.3 is 0 Å². The second-order valence-electron chi connectivity index (χ2n) is 5.61. The van der Waals surface area contributed by atoms with Gasteiger partial charge in [-0.05, 0) is 50.4 Å². The van der Waals surface area contributed by atoms with Gasteiger partial charge < -0.3 is 12.4 Å².